The van der Waals surface area contributed by atoms with Gasteiger partial charge in [0.05, 0.1) is 18.3 Å². The minimum Gasteiger partial charge on any atom is -0.384 e. The Morgan fingerprint density at radius 2 is 2.05 bits per heavy atom. The summed E-state index contributed by atoms with van der Waals surface area (Å²) >= 11 is 0. The maximum Gasteiger partial charge on any atom is 0.130 e. The van der Waals surface area contributed by atoms with Crippen LogP contribution in [0.5, 0.6) is 0 Å². The largest absolute Gasteiger partial charge is 0.384 e. The Labute approximate surface area is 114 Å². The van der Waals surface area contributed by atoms with Crippen molar-refractivity contribution in [2.45, 2.75) is 19.8 Å². The molecule has 4 heteroatoms. The Morgan fingerprint density at radius 1 is 1.26 bits per heavy atom. The molecule has 0 saturated carbocycles. The average molecular weight is 259 g/mol. The third-order valence-corrected chi connectivity index (χ3v) is 4.19. The number of piperidine rings is 1. The number of hydrogen-bond acceptors (Lipinski definition) is 3. The molecule has 102 valence electrons. The molecular formula is C15H21N3O. The number of anilines is 1. The van der Waals surface area contributed by atoms with Crippen molar-refractivity contribution in [3.63, 3.8) is 0 Å². The molecule has 3 rings (SSSR count). The molecule has 1 aliphatic rings. The first-order valence-corrected chi connectivity index (χ1v) is 6.89. The third kappa shape index (κ3) is 2.32. The van der Waals surface area contributed by atoms with E-state index in [2.05, 4.69) is 35.1 Å². The third-order valence-electron chi connectivity index (χ3n) is 4.19. The summed E-state index contributed by atoms with van der Waals surface area (Å²) < 4.78 is 7.37. The van der Waals surface area contributed by atoms with E-state index in [4.69, 9.17) is 4.74 Å². The molecule has 0 atom stereocenters. The molecule has 1 saturated heterocycles. The molecular weight excluding hydrogens is 238 g/mol. The van der Waals surface area contributed by atoms with Crippen molar-refractivity contribution in [2.75, 3.05) is 31.7 Å². The van der Waals surface area contributed by atoms with E-state index in [9.17, 15) is 0 Å². The highest BCUT2D eigenvalue weighted by Crippen LogP contribution is 2.33. The molecule has 0 aromatic carbocycles. The smallest absolute Gasteiger partial charge is 0.130 e. The highest BCUT2D eigenvalue weighted by Gasteiger charge is 2.30. The predicted molar refractivity (Wildman–Crippen MR) is 76.6 cm³/mol. The summed E-state index contributed by atoms with van der Waals surface area (Å²) in [5, 5.41) is 4.42. The maximum absolute atomic E-state index is 5.35. The first-order chi connectivity index (χ1) is 9.22. The van der Waals surface area contributed by atoms with Crippen molar-refractivity contribution in [2.24, 2.45) is 5.41 Å². The van der Waals surface area contributed by atoms with Crippen LogP contribution >= 0.6 is 0 Å². The van der Waals surface area contributed by atoms with Gasteiger partial charge < -0.3 is 9.64 Å². The second-order valence-corrected chi connectivity index (χ2v) is 5.78. The molecule has 0 amide bonds. The molecule has 2 aromatic rings. The first-order valence-electron chi connectivity index (χ1n) is 6.89. The van der Waals surface area contributed by atoms with Crippen LogP contribution in [0.3, 0.4) is 0 Å². The predicted octanol–water partition coefficient (Wildman–Crippen LogP) is 2.59. The van der Waals surface area contributed by atoms with Crippen LogP contribution in [0.25, 0.3) is 5.52 Å². The van der Waals surface area contributed by atoms with E-state index in [-0.39, 0.29) is 0 Å². The summed E-state index contributed by atoms with van der Waals surface area (Å²) in [5.41, 5.74) is 1.48. The fourth-order valence-electron chi connectivity index (χ4n) is 2.94. The zero-order valence-corrected chi connectivity index (χ0v) is 11.7. The van der Waals surface area contributed by atoms with Gasteiger partial charge in [0, 0.05) is 20.2 Å². The number of rotatable bonds is 3. The van der Waals surface area contributed by atoms with Gasteiger partial charge in [-0.2, -0.15) is 5.10 Å². The summed E-state index contributed by atoms with van der Waals surface area (Å²) in [6, 6.07) is 8.40. The van der Waals surface area contributed by atoms with Crippen molar-refractivity contribution in [3.8, 4) is 0 Å². The molecule has 1 fully saturated rings. The van der Waals surface area contributed by atoms with Crippen LogP contribution in [0.1, 0.15) is 19.8 Å². The lowest BCUT2D eigenvalue weighted by Gasteiger charge is -2.39. The van der Waals surface area contributed by atoms with Gasteiger partial charge in [0.2, 0.25) is 0 Å². The quantitative estimate of drug-likeness (QED) is 0.848. The minimum atomic E-state index is 0.323. The summed E-state index contributed by atoms with van der Waals surface area (Å²) in [4.78, 5) is 2.43. The molecule has 0 bridgehead atoms. The Morgan fingerprint density at radius 3 is 2.79 bits per heavy atom. The normalized spacial score (nSPS) is 18.9. The zero-order valence-electron chi connectivity index (χ0n) is 11.7. The number of pyridine rings is 1. The number of methoxy groups -OCH3 is 1. The van der Waals surface area contributed by atoms with Gasteiger partial charge in [-0.1, -0.05) is 13.0 Å². The molecule has 0 spiro atoms. The van der Waals surface area contributed by atoms with Crippen molar-refractivity contribution in [1.29, 1.82) is 0 Å². The molecule has 2 aromatic heterocycles. The summed E-state index contributed by atoms with van der Waals surface area (Å²) in [5.74, 6) is 1.20. The highest BCUT2D eigenvalue weighted by atomic mass is 16.5. The van der Waals surface area contributed by atoms with Crippen LogP contribution in [-0.2, 0) is 4.74 Å². The highest BCUT2D eigenvalue weighted by molar-refractivity contribution is 5.54. The van der Waals surface area contributed by atoms with Crippen molar-refractivity contribution < 1.29 is 4.74 Å². The summed E-state index contributed by atoms with van der Waals surface area (Å²) in [6.45, 7) is 5.31. The van der Waals surface area contributed by atoms with E-state index < -0.39 is 0 Å². The van der Waals surface area contributed by atoms with E-state index >= 15 is 0 Å². The fourth-order valence-corrected chi connectivity index (χ4v) is 2.94. The molecule has 19 heavy (non-hydrogen) atoms. The van der Waals surface area contributed by atoms with Crippen LogP contribution < -0.4 is 4.90 Å². The SMILES string of the molecule is COCC1(C)CCN(c2cccc3ccnn23)CC1. The molecule has 0 aliphatic carbocycles. The van der Waals surface area contributed by atoms with Gasteiger partial charge in [-0.25, -0.2) is 4.52 Å². The zero-order chi connectivity index (χ0) is 13.3. The van der Waals surface area contributed by atoms with Gasteiger partial charge in [-0.3, -0.25) is 0 Å². The number of nitrogens with zero attached hydrogens (tertiary/aromatic N) is 3. The van der Waals surface area contributed by atoms with Crippen molar-refractivity contribution >= 4 is 11.3 Å². The maximum atomic E-state index is 5.35. The fraction of sp³-hybridized carbons (Fsp3) is 0.533. The van der Waals surface area contributed by atoms with Gasteiger partial charge in [0.25, 0.3) is 0 Å². The topological polar surface area (TPSA) is 29.8 Å². The lowest BCUT2D eigenvalue weighted by molar-refractivity contribution is 0.0729. The number of hydrogen-bond donors (Lipinski definition) is 0. The van der Waals surface area contributed by atoms with Crippen molar-refractivity contribution in [3.05, 3.63) is 30.5 Å². The standard InChI is InChI=1S/C15H21N3O/c1-15(12-19-2)7-10-17(11-8-15)14-5-3-4-13-6-9-16-18(13)14/h3-6,9H,7-8,10-12H2,1-2H3. The van der Waals surface area contributed by atoms with E-state index in [1.165, 1.54) is 18.7 Å². The second kappa shape index (κ2) is 4.85. The van der Waals surface area contributed by atoms with Crippen LogP contribution in [0.4, 0.5) is 5.82 Å². The molecule has 0 radical (unpaired) electrons. The van der Waals surface area contributed by atoms with Gasteiger partial charge in [-0.05, 0) is 36.5 Å². The van der Waals surface area contributed by atoms with Gasteiger partial charge in [0.15, 0.2) is 0 Å². The number of fused-ring (bicyclic) bond motifs is 1. The van der Waals surface area contributed by atoms with Gasteiger partial charge in [-0.15, -0.1) is 0 Å². The van der Waals surface area contributed by atoms with Crippen molar-refractivity contribution in [1.82, 2.24) is 9.61 Å². The lowest BCUT2D eigenvalue weighted by atomic mass is 9.81. The van der Waals surface area contributed by atoms with E-state index in [0.29, 0.717) is 5.41 Å². The Hall–Kier alpha value is -1.55. The van der Waals surface area contributed by atoms with Crippen LogP contribution in [0.2, 0.25) is 0 Å². The van der Waals surface area contributed by atoms with Crippen LogP contribution in [0, 0.1) is 5.41 Å². The summed E-state index contributed by atoms with van der Waals surface area (Å²) in [7, 11) is 1.79. The second-order valence-electron chi connectivity index (χ2n) is 5.78. The Balaban J connectivity index is 1.80. The van der Waals surface area contributed by atoms with E-state index in [1.807, 2.05) is 16.8 Å². The monoisotopic (exact) mass is 259 g/mol. The van der Waals surface area contributed by atoms with Crippen LogP contribution in [-0.4, -0.2) is 36.4 Å². The molecule has 0 N–H and O–H groups in total. The molecule has 1 aliphatic heterocycles. The summed E-state index contributed by atoms with van der Waals surface area (Å²) in [6.07, 6.45) is 4.19. The molecule has 3 heterocycles. The van der Waals surface area contributed by atoms with Crippen LogP contribution in [0.15, 0.2) is 30.5 Å². The minimum absolute atomic E-state index is 0.323. The first kappa shape index (κ1) is 12.5. The van der Waals surface area contributed by atoms with Gasteiger partial charge >= 0.3 is 0 Å². The average Bonchev–Trinajstić information content (AvgIpc) is 2.88. The Bertz CT molecular complexity index is 555. The molecule has 4 nitrogen and oxygen atoms in total. The lowest BCUT2D eigenvalue weighted by Crippen LogP contribution is -2.41. The number of aromatic nitrogens is 2. The van der Waals surface area contributed by atoms with E-state index in [1.54, 1.807) is 7.11 Å². The Kier molecular flexibility index (Phi) is 3.19. The molecule has 0 unspecified atom stereocenters. The number of ether oxygens (including phenoxy) is 1. The van der Waals surface area contributed by atoms with E-state index in [0.717, 1.165) is 25.2 Å². The van der Waals surface area contributed by atoms with Gasteiger partial charge in [0.1, 0.15) is 5.82 Å².